The van der Waals surface area contributed by atoms with Crippen LogP contribution in [-0.4, -0.2) is 98.9 Å². The molecule has 0 bridgehead atoms. The summed E-state index contributed by atoms with van der Waals surface area (Å²) < 4.78 is 37.9. The number of amides is 2. The van der Waals surface area contributed by atoms with E-state index >= 15 is 0 Å². The van der Waals surface area contributed by atoms with Crippen molar-refractivity contribution in [3.8, 4) is 0 Å². The Kier molecular flexibility index (Phi) is 19.8. The van der Waals surface area contributed by atoms with Crippen LogP contribution in [0.1, 0.15) is 134 Å². The van der Waals surface area contributed by atoms with E-state index < -0.39 is 37.2 Å². The Morgan fingerprint density at radius 2 is 1.35 bits per heavy atom. The fourth-order valence-corrected chi connectivity index (χ4v) is 9.02. The van der Waals surface area contributed by atoms with E-state index in [-0.39, 0.29) is 42.1 Å². The number of hydrogen-bond acceptors (Lipinski definition) is 8. The predicted molar refractivity (Wildman–Crippen MR) is 221 cm³/mol. The highest BCUT2D eigenvalue weighted by Crippen LogP contribution is 2.66. The van der Waals surface area contributed by atoms with Gasteiger partial charge < -0.3 is 19.9 Å². The zero-order valence-electron chi connectivity index (χ0n) is 35.3. The second-order valence-electron chi connectivity index (χ2n) is 19.2. The molecule has 52 heavy (non-hydrogen) atoms. The maximum atomic E-state index is 14.5. The van der Waals surface area contributed by atoms with Gasteiger partial charge in [-0.1, -0.05) is 75.7 Å². The van der Waals surface area contributed by atoms with Crippen LogP contribution in [0.4, 0.5) is 0 Å². The summed E-state index contributed by atoms with van der Waals surface area (Å²) >= 11 is 8.80. The standard InChI is InChI=1S/C39H77N3O7S3/c1-34(2,3)29-38(11,33(45)49-26-23-40-31(43)20-16-15-19-30(51)21-27-50)36(7,8)37(9,10)39(12,35(4,5)6)32(44)41-22-17-24-42(13,14)25-18-28-52(46,47)48/h30H,15-29H2,1-14H3,(H4-,40,41,43,44,46,47,48,50,51)/p+1. The average Bonchev–Trinajstić information content (AvgIpc) is 2.96. The van der Waals surface area contributed by atoms with Crippen molar-refractivity contribution in [2.75, 3.05) is 58.4 Å². The molecule has 2 amide bonds. The Balaban J connectivity index is 5.95. The van der Waals surface area contributed by atoms with Crippen molar-refractivity contribution in [2.45, 2.75) is 140 Å². The SMILES string of the molecule is CC(C)(C)CC(C)(C(=O)OCCNC(=O)CCCCC(S)CCS)C(C)(C)C(C)(C)C(C)(C(=O)NCCC[N+](C)(C)CCCS(=O)(=O)O)C(C)(C)C. The van der Waals surface area contributed by atoms with Gasteiger partial charge in [-0.3, -0.25) is 18.9 Å². The van der Waals surface area contributed by atoms with Crippen molar-refractivity contribution in [2.24, 2.45) is 32.5 Å². The molecule has 308 valence electrons. The summed E-state index contributed by atoms with van der Waals surface area (Å²) in [5.41, 5.74) is -4.15. The minimum absolute atomic E-state index is 0.0587. The molecule has 0 aromatic carbocycles. The van der Waals surface area contributed by atoms with E-state index in [4.69, 9.17) is 9.29 Å². The molecule has 0 aliphatic carbocycles. The minimum atomic E-state index is -4.00. The molecule has 3 atom stereocenters. The van der Waals surface area contributed by atoms with Crippen molar-refractivity contribution in [1.82, 2.24) is 10.6 Å². The first kappa shape index (κ1) is 51.0. The molecule has 0 radical (unpaired) electrons. The Hall–Kier alpha value is -1.02. The minimum Gasteiger partial charge on any atom is -0.463 e. The Labute approximate surface area is 329 Å². The fraction of sp³-hybridized carbons (Fsp3) is 0.923. The number of unbranched alkanes of at least 4 members (excludes halogenated alkanes) is 1. The summed E-state index contributed by atoms with van der Waals surface area (Å²) in [6.45, 7) is 26.9. The molecule has 0 aliphatic heterocycles. The molecule has 0 aromatic rings. The Morgan fingerprint density at radius 1 is 0.788 bits per heavy atom. The number of hydrogen-bond donors (Lipinski definition) is 5. The molecular weight excluding hydrogens is 719 g/mol. The molecule has 0 rings (SSSR count). The van der Waals surface area contributed by atoms with E-state index in [1.807, 2.05) is 27.9 Å². The predicted octanol–water partition coefficient (Wildman–Crippen LogP) is 7.23. The highest BCUT2D eigenvalue weighted by Gasteiger charge is 2.66. The van der Waals surface area contributed by atoms with Gasteiger partial charge in [0.1, 0.15) is 6.61 Å². The topological polar surface area (TPSA) is 139 Å². The van der Waals surface area contributed by atoms with Gasteiger partial charge in [-0.25, -0.2) is 0 Å². The lowest BCUT2D eigenvalue weighted by molar-refractivity contribution is -0.890. The number of esters is 1. The molecule has 0 saturated heterocycles. The zero-order chi connectivity index (χ0) is 41.0. The number of carbonyl (C=O) groups excluding carboxylic acids is 3. The van der Waals surface area contributed by atoms with Crippen LogP contribution in [-0.2, 0) is 29.2 Å². The van der Waals surface area contributed by atoms with Crippen molar-refractivity contribution >= 4 is 53.2 Å². The summed E-state index contributed by atoms with van der Waals surface area (Å²) in [6.07, 6.45) is 5.57. The van der Waals surface area contributed by atoms with Crippen molar-refractivity contribution in [3.05, 3.63) is 0 Å². The van der Waals surface area contributed by atoms with Crippen LogP contribution in [0.2, 0.25) is 0 Å². The monoisotopic (exact) mass is 796 g/mol. The van der Waals surface area contributed by atoms with E-state index in [1.165, 1.54) is 0 Å². The third-order valence-electron chi connectivity index (χ3n) is 12.2. The van der Waals surface area contributed by atoms with Gasteiger partial charge in [-0.15, -0.1) is 0 Å². The lowest BCUT2D eigenvalue weighted by Crippen LogP contribution is -2.64. The first-order valence-electron chi connectivity index (χ1n) is 19.1. The highest BCUT2D eigenvalue weighted by atomic mass is 32.2. The quantitative estimate of drug-likeness (QED) is 0.0229. The number of nitrogens with one attached hydrogen (secondary N) is 2. The third kappa shape index (κ3) is 15.3. The summed E-state index contributed by atoms with van der Waals surface area (Å²) in [4.78, 5) is 41.2. The van der Waals surface area contributed by atoms with Crippen molar-refractivity contribution < 1.29 is 36.6 Å². The normalized spacial score (nSPS) is 16.4. The first-order chi connectivity index (χ1) is 23.3. The average molecular weight is 797 g/mol. The lowest BCUT2D eigenvalue weighted by Gasteiger charge is -2.62. The number of thiol groups is 2. The molecule has 3 unspecified atom stereocenters. The Bertz CT molecular complexity index is 1260. The number of nitrogens with zero attached hydrogens (tertiary/aromatic N) is 1. The number of quaternary nitrogens is 1. The number of carbonyl (C=O) groups is 3. The maximum Gasteiger partial charge on any atom is 0.312 e. The van der Waals surface area contributed by atoms with E-state index in [0.29, 0.717) is 48.5 Å². The van der Waals surface area contributed by atoms with Crippen LogP contribution in [0.5, 0.6) is 0 Å². The smallest absolute Gasteiger partial charge is 0.312 e. The van der Waals surface area contributed by atoms with Gasteiger partial charge >= 0.3 is 5.97 Å². The molecule has 0 saturated carbocycles. The molecule has 0 aromatic heterocycles. The van der Waals surface area contributed by atoms with E-state index in [1.54, 1.807) is 0 Å². The molecule has 0 spiro atoms. The van der Waals surface area contributed by atoms with Gasteiger partial charge in [0.15, 0.2) is 0 Å². The van der Waals surface area contributed by atoms with Crippen molar-refractivity contribution in [1.29, 1.82) is 0 Å². The van der Waals surface area contributed by atoms with Crippen LogP contribution >= 0.6 is 25.3 Å². The van der Waals surface area contributed by atoms with Crippen molar-refractivity contribution in [3.63, 3.8) is 0 Å². The summed E-state index contributed by atoms with van der Waals surface area (Å²) in [5, 5.41) is 6.42. The van der Waals surface area contributed by atoms with Crippen LogP contribution in [0.15, 0.2) is 0 Å². The van der Waals surface area contributed by atoms with Gasteiger partial charge in [0, 0.05) is 31.1 Å². The molecule has 0 heterocycles. The summed E-state index contributed by atoms with van der Waals surface area (Å²) in [5.74, 6) is 0.0365. The lowest BCUT2D eigenvalue weighted by atomic mass is 9.40. The molecule has 10 nitrogen and oxygen atoms in total. The van der Waals surface area contributed by atoms with Gasteiger partial charge in [0.2, 0.25) is 11.8 Å². The summed E-state index contributed by atoms with van der Waals surface area (Å²) in [6, 6.07) is 0. The summed E-state index contributed by atoms with van der Waals surface area (Å²) in [7, 11) is 0.0155. The molecule has 0 aliphatic rings. The highest BCUT2D eigenvalue weighted by molar-refractivity contribution is 7.85. The molecule has 0 fully saturated rings. The van der Waals surface area contributed by atoms with Gasteiger partial charge in [0.05, 0.1) is 50.3 Å². The fourth-order valence-electron chi connectivity index (χ4n) is 7.70. The third-order valence-corrected chi connectivity index (χ3v) is 13.8. The zero-order valence-corrected chi connectivity index (χ0v) is 37.9. The second-order valence-corrected chi connectivity index (χ2v) is 22.0. The molecule has 13 heteroatoms. The van der Waals surface area contributed by atoms with E-state index in [2.05, 4.69) is 105 Å². The van der Waals surface area contributed by atoms with Crippen LogP contribution in [0.3, 0.4) is 0 Å². The number of ether oxygens (including phenoxy) is 1. The molecule has 3 N–H and O–H groups in total. The maximum absolute atomic E-state index is 14.5. The largest absolute Gasteiger partial charge is 0.463 e. The Morgan fingerprint density at radius 3 is 1.85 bits per heavy atom. The van der Waals surface area contributed by atoms with E-state index in [9.17, 15) is 22.8 Å². The molecular formula is C39H78N3O7S3+. The van der Waals surface area contributed by atoms with Gasteiger partial charge in [-0.2, -0.15) is 33.7 Å². The van der Waals surface area contributed by atoms with Crippen LogP contribution in [0, 0.1) is 32.5 Å². The van der Waals surface area contributed by atoms with Crippen LogP contribution < -0.4 is 10.6 Å². The van der Waals surface area contributed by atoms with Crippen LogP contribution in [0.25, 0.3) is 0 Å². The van der Waals surface area contributed by atoms with Gasteiger partial charge in [0.25, 0.3) is 10.1 Å². The van der Waals surface area contributed by atoms with E-state index in [0.717, 1.165) is 38.0 Å². The number of rotatable bonds is 24. The first-order valence-corrected chi connectivity index (χ1v) is 21.9. The second kappa shape index (κ2) is 20.2. The van der Waals surface area contributed by atoms with Gasteiger partial charge in [-0.05, 0) is 66.9 Å².